The molecule has 7 nitrogen and oxygen atoms in total. The van der Waals surface area contributed by atoms with E-state index in [9.17, 15) is 9.18 Å². The van der Waals surface area contributed by atoms with Crippen molar-refractivity contribution in [3.05, 3.63) is 71.8 Å². The highest BCUT2D eigenvalue weighted by Gasteiger charge is 2.16. The molecule has 1 amide bonds. The summed E-state index contributed by atoms with van der Waals surface area (Å²) in [5.74, 6) is 0.129. The minimum Gasteiger partial charge on any atom is -0.369 e. The Bertz CT molecular complexity index is 1250. The number of amides is 1. The van der Waals surface area contributed by atoms with E-state index in [1.165, 1.54) is 6.07 Å². The molecule has 0 bridgehead atoms. The molecule has 3 N–H and O–H groups in total. The first-order valence-corrected chi connectivity index (χ1v) is 10.3. The molecule has 0 unspecified atom stereocenters. The molecule has 0 aliphatic heterocycles. The Labute approximate surface area is 185 Å². The normalized spacial score (nSPS) is 11.2. The second kappa shape index (κ2) is 9.15. The second-order valence-corrected chi connectivity index (χ2v) is 7.86. The largest absolute Gasteiger partial charge is 0.369 e. The van der Waals surface area contributed by atoms with Crippen molar-refractivity contribution in [3.8, 4) is 11.1 Å². The highest BCUT2D eigenvalue weighted by molar-refractivity contribution is 6.11. The number of aromatic nitrogens is 3. The van der Waals surface area contributed by atoms with Crippen molar-refractivity contribution in [2.75, 3.05) is 37.8 Å². The molecule has 0 radical (unpaired) electrons. The number of hydrogen-bond donors (Lipinski definition) is 3. The number of hydrogen-bond acceptors (Lipinski definition) is 5. The van der Waals surface area contributed by atoms with E-state index in [4.69, 9.17) is 0 Å². The summed E-state index contributed by atoms with van der Waals surface area (Å²) in [7, 11) is 4.02. The van der Waals surface area contributed by atoms with Crippen LogP contribution in [0.15, 0.2) is 54.7 Å². The summed E-state index contributed by atoms with van der Waals surface area (Å²) >= 11 is 0. The van der Waals surface area contributed by atoms with Gasteiger partial charge in [0, 0.05) is 18.5 Å². The first-order valence-electron chi connectivity index (χ1n) is 10.3. The van der Waals surface area contributed by atoms with Crippen LogP contribution >= 0.6 is 0 Å². The van der Waals surface area contributed by atoms with E-state index in [1.54, 1.807) is 25.3 Å². The van der Waals surface area contributed by atoms with Crippen molar-refractivity contribution >= 4 is 28.3 Å². The van der Waals surface area contributed by atoms with Crippen LogP contribution in [0.1, 0.15) is 16.1 Å². The molecule has 0 saturated carbocycles. The Morgan fingerprint density at radius 2 is 2.00 bits per heavy atom. The van der Waals surface area contributed by atoms with Gasteiger partial charge in [0.1, 0.15) is 11.6 Å². The lowest BCUT2D eigenvalue weighted by molar-refractivity contribution is 0.102. The third-order valence-corrected chi connectivity index (χ3v) is 5.24. The predicted octanol–water partition coefficient (Wildman–Crippen LogP) is 4.30. The van der Waals surface area contributed by atoms with Crippen molar-refractivity contribution in [1.82, 2.24) is 20.1 Å². The first-order chi connectivity index (χ1) is 15.4. The predicted molar refractivity (Wildman–Crippen MR) is 125 cm³/mol. The molecular weight excluding hydrogens is 407 g/mol. The molecular formula is C24H25FN6O. The van der Waals surface area contributed by atoms with Gasteiger partial charge in [-0.3, -0.25) is 9.89 Å². The molecule has 164 valence electrons. The zero-order chi connectivity index (χ0) is 22.7. The maximum Gasteiger partial charge on any atom is 0.276 e. The third-order valence-electron chi connectivity index (χ3n) is 5.24. The van der Waals surface area contributed by atoms with E-state index in [1.807, 2.05) is 44.4 Å². The van der Waals surface area contributed by atoms with Crippen LogP contribution in [0.4, 0.5) is 15.9 Å². The fourth-order valence-electron chi connectivity index (χ4n) is 3.45. The fourth-order valence-corrected chi connectivity index (χ4v) is 3.45. The van der Waals surface area contributed by atoms with Gasteiger partial charge in [-0.25, -0.2) is 9.37 Å². The van der Waals surface area contributed by atoms with Crippen LogP contribution in [0.2, 0.25) is 0 Å². The molecule has 8 heteroatoms. The Morgan fingerprint density at radius 3 is 2.75 bits per heavy atom. The lowest BCUT2D eigenvalue weighted by atomic mass is 9.98. The highest BCUT2D eigenvalue weighted by atomic mass is 19.1. The van der Waals surface area contributed by atoms with Gasteiger partial charge < -0.3 is 15.5 Å². The average Bonchev–Trinajstić information content (AvgIpc) is 3.20. The Morgan fingerprint density at radius 1 is 1.16 bits per heavy atom. The zero-order valence-corrected chi connectivity index (χ0v) is 18.2. The molecule has 0 saturated heterocycles. The van der Waals surface area contributed by atoms with E-state index < -0.39 is 0 Å². The standard InChI is InChI=1S/C24H25FN6O/c1-15-18(5-4-6-20(15)25)16-7-9-21-19(13-16)23(30-29-21)24(32)28-17-8-10-22(27-14-17)26-11-12-31(2)3/h4-10,13-14H,11-12H2,1-3H3,(H,26,27)(H,28,32)(H,29,30). The van der Waals surface area contributed by atoms with E-state index in [2.05, 4.69) is 30.7 Å². The molecule has 0 atom stereocenters. The second-order valence-electron chi connectivity index (χ2n) is 7.86. The SMILES string of the molecule is Cc1c(F)cccc1-c1ccc2[nH]nc(C(=O)Nc3ccc(NCCN(C)C)nc3)c2c1. The van der Waals surface area contributed by atoms with Crippen LogP contribution in [-0.2, 0) is 0 Å². The van der Waals surface area contributed by atoms with Crippen molar-refractivity contribution in [1.29, 1.82) is 0 Å². The van der Waals surface area contributed by atoms with Crippen molar-refractivity contribution in [3.63, 3.8) is 0 Å². The average molecular weight is 433 g/mol. The summed E-state index contributed by atoms with van der Waals surface area (Å²) in [5, 5.41) is 13.8. The van der Waals surface area contributed by atoms with E-state index in [-0.39, 0.29) is 17.4 Å². The van der Waals surface area contributed by atoms with E-state index >= 15 is 0 Å². The lowest BCUT2D eigenvalue weighted by Crippen LogP contribution is -2.21. The molecule has 32 heavy (non-hydrogen) atoms. The van der Waals surface area contributed by atoms with Crippen LogP contribution in [0, 0.1) is 12.7 Å². The molecule has 4 rings (SSSR count). The number of nitrogens with one attached hydrogen (secondary N) is 3. The number of pyridine rings is 1. The number of likely N-dealkylation sites (N-methyl/N-ethyl adjacent to an activating group) is 1. The van der Waals surface area contributed by atoms with Crippen LogP contribution < -0.4 is 10.6 Å². The van der Waals surface area contributed by atoms with Gasteiger partial charge in [0.15, 0.2) is 5.69 Å². The number of benzene rings is 2. The summed E-state index contributed by atoms with van der Waals surface area (Å²) in [4.78, 5) is 19.3. The maximum atomic E-state index is 14.0. The summed E-state index contributed by atoms with van der Waals surface area (Å²) in [6.45, 7) is 3.41. The molecule has 0 aliphatic carbocycles. The van der Waals surface area contributed by atoms with Gasteiger partial charge in [0.05, 0.1) is 17.4 Å². The van der Waals surface area contributed by atoms with Crippen LogP contribution in [0.25, 0.3) is 22.0 Å². The van der Waals surface area contributed by atoms with Crippen LogP contribution in [-0.4, -0.2) is 53.2 Å². The number of anilines is 2. The van der Waals surface area contributed by atoms with Crippen LogP contribution in [0.3, 0.4) is 0 Å². The summed E-state index contributed by atoms with van der Waals surface area (Å²) < 4.78 is 14.0. The van der Waals surface area contributed by atoms with Gasteiger partial charge in [-0.15, -0.1) is 0 Å². The monoisotopic (exact) mass is 432 g/mol. The molecule has 0 spiro atoms. The van der Waals surface area contributed by atoms with Gasteiger partial charge in [0.25, 0.3) is 5.91 Å². The van der Waals surface area contributed by atoms with Gasteiger partial charge in [-0.05, 0) is 68.0 Å². The number of fused-ring (bicyclic) bond motifs is 1. The molecule has 2 aromatic heterocycles. The Kier molecular flexibility index (Phi) is 6.13. The molecule has 2 heterocycles. The quantitative estimate of drug-likeness (QED) is 0.405. The number of halogens is 1. The number of nitrogens with zero attached hydrogens (tertiary/aromatic N) is 3. The minimum absolute atomic E-state index is 0.264. The first kappa shape index (κ1) is 21.5. The highest BCUT2D eigenvalue weighted by Crippen LogP contribution is 2.29. The lowest BCUT2D eigenvalue weighted by Gasteiger charge is -2.11. The molecule has 0 aliphatic rings. The number of carbonyl (C=O) groups excluding carboxylic acids is 1. The van der Waals surface area contributed by atoms with E-state index in [0.29, 0.717) is 16.6 Å². The summed E-state index contributed by atoms with van der Waals surface area (Å²) in [5.41, 5.74) is 3.73. The van der Waals surface area contributed by atoms with Gasteiger partial charge >= 0.3 is 0 Å². The number of H-pyrrole nitrogens is 1. The number of rotatable bonds is 7. The van der Waals surface area contributed by atoms with Gasteiger partial charge in [-0.2, -0.15) is 5.10 Å². The topological polar surface area (TPSA) is 85.9 Å². The van der Waals surface area contributed by atoms with Crippen molar-refractivity contribution < 1.29 is 9.18 Å². The molecule has 0 fully saturated rings. The van der Waals surface area contributed by atoms with Gasteiger partial charge in [0.2, 0.25) is 0 Å². The minimum atomic E-state index is -0.348. The molecule has 2 aromatic carbocycles. The van der Waals surface area contributed by atoms with Crippen LogP contribution in [0.5, 0.6) is 0 Å². The third kappa shape index (κ3) is 4.60. The summed E-state index contributed by atoms with van der Waals surface area (Å²) in [6.07, 6.45) is 1.60. The van der Waals surface area contributed by atoms with Crippen molar-refractivity contribution in [2.45, 2.75) is 6.92 Å². The Balaban J connectivity index is 1.53. The number of aromatic amines is 1. The fraction of sp³-hybridized carbons (Fsp3) is 0.208. The smallest absolute Gasteiger partial charge is 0.276 e. The Hall–Kier alpha value is -3.78. The molecule has 4 aromatic rings. The van der Waals surface area contributed by atoms with E-state index in [0.717, 1.165) is 35.6 Å². The summed E-state index contributed by atoms with van der Waals surface area (Å²) in [6, 6.07) is 14.2. The van der Waals surface area contributed by atoms with Crippen molar-refractivity contribution in [2.24, 2.45) is 0 Å². The van der Waals surface area contributed by atoms with Gasteiger partial charge in [-0.1, -0.05) is 18.2 Å². The zero-order valence-electron chi connectivity index (χ0n) is 18.2. The maximum absolute atomic E-state index is 14.0. The number of carbonyl (C=O) groups is 1.